The smallest absolute Gasteiger partial charge is 0.339 e. The van der Waals surface area contributed by atoms with Crippen molar-refractivity contribution in [1.29, 1.82) is 0 Å². The molecule has 0 bridgehead atoms. The molecule has 5 rings (SSSR count). The maximum Gasteiger partial charge on any atom is 0.339 e. The highest BCUT2D eigenvalue weighted by molar-refractivity contribution is 7.87. The first-order chi connectivity index (χ1) is 19.4. The van der Waals surface area contributed by atoms with Gasteiger partial charge in [-0.15, -0.1) is 0 Å². The SMILES string of the molecule is Cc1cc(Cn2cc(Cc3ccc(F)cc3)c3ccc(S(=O)(=O)Oc4c(F)c(F)c(F)c(F)c4F)cc3c2=O)on1. The topological polar surface area (TPSA) is 91.4 Å². The normalized spacial score (nSPS) is 11.8. The molecule has 0 fully saturated rings. The molecule has 0 aliphatic carbocycles. The largest absolute Gasteiger partial charge is 0.372 e. The van der Waals surface area contributed by atoms with Gasteiger partial charge in [-0.25, -0.2) is 17.6 Å². The minimum absolute atomic E-state index is 0.107. The summed E-state index contributed by atoms with van der Waals surface area (Å²) >= 11 is 0. The van der Waals surface area contributed by atoms with Gasteiger partial charge in [-0.2, -0.15) is 17.2 Å². The first-order valence-corrected chi connectivity index (χ1v) is 13.0. The van der Waals surface area contributed by atoms with E-state index in [-0.39, 0.29) is 23.7 Å². The number of pyridine rings is 1. The molecular formula is C27H16F6N2O5S. The van der Waals surface area contributed by atoms with Crippen molar-refractivity contribution in [2.45, 2.75) is 24.8 Å². The number of rotatable bonds is 7. The predicted molar refractivity (Wildman–Crippen MR) is 132 cm³/mol. The Morgan fingerprint density at radius 2 is 1.49 bits per heavy atom. The maximum absolute atomic E-state index is 14.1. The fourth-order valence-corrected chi connectivity index (χ4v) is 5.12. The van der Waals surface area contributed by atoms with Gasteiger partial charge >= 0.3 is 10.1 Å². The summed E-state index contributed by atoms with van der Waals surface area (Å²) < 4.78 is 119. The Labute approximate surface area is 227 Å². The summed E-state index contributed by atoms with van der Waals surface area (Å²) in [5, 5.41) is 3.86. The molecule has 41 heavy (non-hydrogen) atoms. The van der Waals surface area contributed by atoms with Gasteiger partial charge in [-0.3, -0.25) is 4.79 Å². The van der Waals surface area contributed by atoms with Crippen LogP contribution in [0.25, 0.3) is 10.8 Å². The molecule has 2 aromatic heterocycles. The fourth-order valence-electron chi connectivity index (χ4n) is 4.16. The van der Waals surface area contributed by atoms with Crippen LogP contribution < -0.4 is 9.74 Å². The molecule has 0 atom stereocenters. The van der Waals surface area contributed by atoms with Crippen LogP contribution >= 0.6 is 0 Å². The number of aromatic nitrogens is 2. The first-order valence-electron chi connectivity index (χ1n) is 11.6. The minimum Gasteiger partial charge on any atom is -0.372 e. The molecular weight excluding hydrogens is 578 g/mol. The van der Waals surface area contributed by atoms with Crippen molar-refractivity contribution in [2.75, 3.05) is 0 Å². The lowest BCUT2D eigenvalue weighted by Crippen LogP contribution is -2.22. The van der Waals surface area contributed by atoms with Crippen LogP contribution in [0.15, 0.2) is 68.9 Å². The number of fused-ring (bicyclic) bond motifs is 1. The number of hydrogen-bond acceptors (Lipinski definition) is 6. The van der Waals surface area contributed by atoms with Crippen LogP contribution in [-0.2, 0) is 23.1 Å². The van der Waals surface area contributed by atoms with Gasteiger partial charge in [-0.05, 0) is 54.1 Å². The van der Waals surface area contributed by atoms with E-state index in [1.54, 1.807) is 13.0 Å². The third-order valence-electron chi connectivity index (χ3n) is 6.10. The van der Waals surface area contributed by atoms with E-state index in [1.165, 1.54) is 41.1 Å². The van der Waals surface area contributed by atoms with Crippen molar-refractivity contribution in [2.24, 2.45) is 0 Å². The summed E-state index contributed by atoms with van der Waals surface area (Å²) in [5.74, 6) is -14.5. The van der Waals surface area contributed by atoms with Crippen LogP contribution in [-0.4, -0.2) is 18.1 Å². The molecule has 0 unspecified atom stereocenters. The average molecular weight is 594 g/mol. The summed E-state index contributed by atoms with van der Waals surface area (Å²) in [4.78, 5) is 12.6. The van der Waals surface area contributed by atoms with E-state index in [9.17, 15) is 39.6 Å². The highest BCUT2D eigenvalue weighted by Gasteiger charge is 2.31. The van der Waals surface area contributed by atoms with Crippen LogP contribution in [0.1, 0.15) is 22.6 Å². The van der Waals surface area contributed by atoms with Gasteiger partial charge in [0.1, 0.15) is 10.7 Å². The van der Waals surface area contributed by atoms with Crippen LogP contribution in [0.4, 0.5) is 26.3 Å². The third kappa shape index (κ3) is 5.29. The second-order valence-corrected chi connectivity index (χ2v) is 10.5. The van der Waals surface area contributed by atoms with E-state index in [2.05, 4.69) is 9.34 Å². The second-order valence-electron chi connectivity index (χ2n) is 8.97. The molecule has 14 heteroatoms. The molecule has 0 N–H and O–H groups in total. The van der Waals surface area contributed by atoms with E-state index in [0.29, 0.717) is 22.6 Å². The zero-order chi connectivity index (χ0) is 29.6. The first kappa shape index (κ1) is 28.0. The summed E-state index contributed by atoms with van der Waals surface area (Å²) in [7, 11) is -5.21. The van der Waals surface area contributed by atoms with Crippen molar-refractivity contribution in [1.82, 2.24) is 9.72 Å². The molecule has 0 saturated heterocycles. The number of nitrogens with zero attached hydrogens (tertiary/aromatic N) is 2. The highest BCUT2D eigenvalue weighted by Crippen LogP contribution is 2.32. The Balaban J connectivity index is 1.64. The Bertz CT molecular complexity index is 1960. The Morgan fingerprint density at radius 1 is 0.854 bits per heavy atom. The summed E-state index contributed by atoms with van der Waals surface area (Å²) in [6, 6.07) is 10.1. The van der Waals surface area contributed by atoms with Crippen LogP contribution in [0, 0.1) is 41.8 Å². The van der Waals surface area contributed by atoms with Gasteiger partial charge in [0.2, 0.25) is 34.8 Å². The fraction of sp³-hybridized carbons (Fsp3) is 0.111. The molecule has 0 spiro atoms. The molecule has 0 aliphatic heterocycles. The molecule has 212 valence electrons. The highest BCUT2D eigenvalue weighted by atomic mass is 32.2. The molecule has 2 heterocycles. The van der Waals surface area contributed by atoms with Crippen LogP contribution in [0.3, 0.4) is 0 Å². The van der Waals surface area contributed by atoms with E-state index in [1.807, 2.05) is 0 Å². The monoisotopic (exact) mass is 594 g/mol. The molecule has 3 aromatic carbocycles. The molecule has 0 amide bonds. The van der Waals surface area contributed by atoms with E-state index in [0.717, 1.165) is 12.1 Å². The van der Waals surface area contributed by atoms with Gasteiger partial charge in [0.25, 0.3) is 5.56 Å². The quantitative estimate of drug-likeness (QED) is 0.106. The van der Waals surface area contributed by atoms with Crippen LogP contribution in [0.2, 0.25) is 0 Å². The molecule has 0 radical (unpaired) electrons. The lowest BCUT2D eigenvalue weighted by Gasteiger charge is -2.14. The second kappa shape index (κ2) is 10.4. The van der Waals surface area contributed by atoms with Crippen molar-refractivity contribution in [3.05, 3.63) is 123 Å². The summed E-state index contributed by atoms with van der Waals surface area (Å²) in [6.07, 6.45) is 1.69. The average Bonchev–Trinajstić information content (AvgIpc) is 3.36. The molecule has 5 aromatic rings. The Morgan fingerprint density at radius 3 is 2.10 bits per heavy atom. The molecule has 7 nitrogen and oxygen atoms in total. The van der Waals surface area contributed by atoms with E-state index >= 15 is 0 Å². The minimum atomic E-state index is -5.21. The van der Waals surface area contributed by atoms with Crippen LogP contribution in [0.5, 0.6) is 5.75 Å². The van der Waals surface area contributed by atoms with Gasteiger partial charge in [-0.1, -0.05) is 23.4 Å². The predicted octanol–water partition coefficient (Wildman–Crippen LogP) is 5.54. The number of benzene rings is 3. The number of hydrogen-bond donors (Lipinski definition) is 0. The maximum atomic E-state index is 14.1. The molecule has 0 aliphatic rings. The third-order valence-corrected chi connectivity index (χ3v) is 7.32. The Hall–Kier alpha value is -4.59. The summed E-state index contributed by atoms with van der Waals surface area (Å²) in [5.41, 5.74) is 0.996. The number of aryl methyl sites for hydroxylation is 1. The lowest BCUT2D eigenvalue weighted by molar-refractivity contribution is 0.346. The number of halogens is 6. The van der Waals surface area contributed by atoms with Gasteiger partial charge in [0.15, 0.2) is 5.76 Å². The zero-order valence-corrected chi connectivity index (χ0v) is 21.5. The van der Waals surface area contributed by atoms with Crippen molar-refractivity contribution >= 4 is 20.9 Å². The van der Waals surface area contributed by atoms with E-state index in [4.69, 9.17) is 4.52 Å². The lowest BCUT2D eigenvalue weighted by atomic mass is 10.0. The van der Waals surface area contributed by atoms with Gasteiger partial charge < -0.3 is 13.3 Å². The standard InChI is InChI=1S/C27H16F6N2O5S/c1-13-8-17(39-34-13)12-35-11-15(9-14-2-4-16(28)5-3-14)19-7-6-18(10-20(19)27(35)36)41(37,38)40-26-24(32)22(30)21(29)23(31)25(26)33/h2-8,10-11H,9,12H2,1H3. The molecule has 0 saturated carbocycles. The van der Waals surface area contributed by atoms with Crippen molar-refractivity contribution < 1.29 is 43.5 Å². The zero-order valence-electron chi connectivity index (χ0n) is 20.7. The van der Waals surface area contributed by atoms with E-state index < -0.39 is 61.2 Å². The van der Waals surface area contributed by atoms with Crippen molar-refractivity contribution in [3.8, 4) is 5.75 Å². The Kier molecular flexibility index (Phi) is 7.11. The van der Waals surface area contributed by atoms with Gasteiger partial charge in [0.05, 0.1) is 12.2 Å². The summed E-state index contributed by atoms with van der Waals surface area (Å²) in [6.45, 7) is 1.56. The van der Waals surface area contributed by atoms with Gasteiger partial charge in [0, 0.05) is 17.6 Å². The van der Waals surface area contributed by atoms with Crippen molar-refractivity contribution in [3.63, 3.8) is 0 Å².